The fourth-order valence-electron chi connectivity index (χ4n) is 9.96. The fourth-order valence-corrected chi connectivity index (χ4v) is 9.96. The van der Waals surface area contributed by atoms with E-state index in [9.17, 15) is 19.6 Å². The summed E-state index contributed by atoms with van der Waals surface area (Å²) in [5.74, 6) is 0.445. The SMILES string of the molecule is CC1(C)CCC2C(=O)C=C3[C@@]4(C)C=C(C#N)C(=O)C(C)(C)[C@@H]4CC[C@@]3(C)[C@]2(C)CC[C@@](C)(CCC(=O)Oc2ccccc2)CC1. The first-order chi connectivity index (χ1) is 20.9. The first-order valence-electron chi connectivity index (χ1n) is 17.1. The highest BCUT2D eigenvalue weighted by atomic mass is 16.5. The van der Waals surface area contributed by atoms with Crippen LogP contribution >= 0.6 is 0 Å². The number of rotatable bonds is 4. The lowest BCUT2D eigenvalue weighted by atomic mass is 9.38. The second kappa shape index (κ2) is 11.4. The predicted octanol–water partition coefficient (Wildman–Crippen LogP) is 9.37. The number of carbonyl (C=O) groups is 3. The van der Waals surface area contributed by atoms with Crippen molar-refractivity contribution in [1.82, 2.24) is 0 Å². The van der Waals surface area contributed by atoms with Crippen molar-refractivity contribution in [3.05, 3.63) is 53.6 Å². The second-order valence-corrected chi connectivity index (χ2v) is 17.2. The van der Waals surface area contributed by atoms with E-state index >= 15 is 0 Å². The summed E-state index contributed by atoms with van der Waals surface area (Å²) >= 11 is 0. The van der Waals surface area contributed by atoms with Gasteiger partial charge in [-0.15, -0.1) is 0 Å². The van der Waals surface area contributed by atoms with Crippen LogP contribution in [0.15, 0.2) is 53.6 Å². The van der Waals surface area contributed by atoms with Gasteiger partial charge in [0.2, 0.25) is 0 Å². The number of benzene rings is 1. The summed E-state index contributed by atoms with van der Waals surface area (Å²) in [4.78, 5) is 40.7. The van der Waals surface area contributed by atoms with Crippen LogP contribution in [-0.4, -0.2) is 17.5 Å². The van der Waals surface area contributed by atoms with Crippen LogP contribution in [0.5, 0.6) is 5.75 Å². The van der Waals surface area contributed by atoms with Gasteiger partial charge in [-0.1, -0.05) is 85.2 Å². The number of carbonyl (C=O) groups excluding carboxylic acids is 3. The zero-order valence-electron chi connectivity index (χ0n) is 28.8. The quantitative estimate of drug-likeness (QED) is 0.250. The van der Waals surface area contributed by atoms with E-state index in [1.807, 2.05) is 56.3 Å². The summed E-state index contributed by atoms with van der Waals surface area (Å²) in [5.41, 5.74) is -0.430. The number of allylic oxidation sites excluding steroid dienone is 4. The maximum Gasteiger partial charge on any atom is 0.311 e. The Balaban J connectivity index is 1.51. The number of esters is 1. The standard InChI is InChI=1S/C40H53NO4/c1-35(2)17-14-29-30(42)24-32-38(6)25-27(26-41)34(44)36(3,4)31(38)15-19-40(32,8)39(29,7)23-22-37(5,21-20-35)18-16-33(43)45-28-12-10-9-11-13-28/h9-13,24-25,29,31H,14-23H2,1-8H3/t29?,31-,37-,38-,39+,40+/m0/s1. The molecule has 4 aliphatic rings. The van der Waals surface area contributed by atoms with Gasteiger partial charge in [-0.25, -0.2) is 0 Å². The van der Waals surface area contributed by atoms with Crippen LogP contribution in [0.1, 0.15) is 120 Å². The lowest BCUT2D eigenvalue weighted by Crippen LogP contribution is -2.60. The van der Waals surface area contributed by atoms with Crippen LogP contribution in [0.3, 0.4) is 0 Å². The van der Waals surface area contributed by atoms with E-state index < -0.39 is 10.8 Å². The molecule has 45 heavy (non-hydrogen) atoms. The molecule has 1 aromatic rings. The van der Waals surface area contributed by atoms with E-state index in [0.29, 0.717) is 12.2 Å². The van der Waals surface area contributed by atoms with Crippen molar-refractivity contribution >= 4 is 17.5 Å². The molecule has 2 fully saturated rings. The smallest absolute Gasteiger partial charge is 0.311 e. The zero-order valence-corrected chi connectivity index (χ0v) is 28.8. The molecule has 0 spiro atoms. The Hall–Kier alpha value is -3.00. The Kier molecular flexibility index (Phi) is 8.42. The van der Waals surface area contributed by atoms with Crippen LogP contribution in [0.2, 0.25) is 0 Å². The van der Waals surface area contributed by atoms with Gasteiger partial charge in [0.1, 0.15) is 11.8 Å². The lowest BCUT2D eigenvalue weighted by Gasteiger charge is -2.65. The number of ether oxygens (including phenoxy) is 1. The minimum Gasteiger partial charge on any atom is -0.427 e. The molecular formula is C40H53NO4. The highest BCUT2D eigenvalue weighted by molar-refractivity contribution is 6.04. The molecule has 5 heteroatoms. The minimum atomic E-state index is -0.676. The lowest BCUT2D eigenvalue weighted by molar-refractivity contribution is -0.139. The molecule has 0 N–H and O–H groups in total. The molecule has 5 nitrogen and oxygen atoms in total. The van der Waals surface area contributed by atoms with E-state index in [4.69, 9.17) is 4.74 Å². The van der Waals surface area contributed by atoms with Crippen LogP contribution in [-0.2, 0) is 14.4 Å². The Morgan fingerprint density at radius 3 is 2.22 bits per heavy atom. The molecule has 5 rings (SSSR count). The Morgan fingerprint density at radius 1 is 0.889 bits per heavy atom. The molecular weight excluding hydrogens is 558 g/mol. The highest BCUT2D eigenvalue weighted by Gasteiger charge is 2.65. The maximum absolute atomic E-state index is 14.4. The van der Waals surface area contributed by atoms with E-state index in [0.717, 1.165) is 63.4 Å². The number of fused-ring (bicyclic) bond motifs is 5. The maximum atomic E-state index is 14.4. The number of ketones is 2. The monoisotopic (exact) mass is 611 g/mol. The van der Waals surface area contributed by atoms with Gasteiger partial charge in [-0.3, -0.25) is 14.4 Å². The first kappa shape index (κ1) is 33.4. The topological polar surface area (TPSA) is 84.2 Å². The van der Waals surface area contributed by atoms with Crippen LogP contribution < -0.4 is 4.74 Å². The molecule has 1 unspecified atom stereocenters. The van der Waals surface area contributed by atoms with Crippen molar-refractivity contribution in [3.8, 4) is 11.8 Å². The molecule has 242 valence electrons. The van der Waals surface area contributed by atoms with Gasteiger partial charge in [-0.2, -0.15) is 5.26 Å². The molecule has 0 bridgehead atoms. The third-order valence-electron chi connectivity index (χ3n) is 13.4. The normalized spacial score (nSPS) is 37.5. The van der Waals surface area contributed by atoms with Gasteiger partial charge in [0.05, 0.1) is 5.57 Å². The Bertz CT molecular complexity index is 1480. The number of hydrogen-bond donors (Lipinski definition) is 0. The number of nitrogens with zero attached hydrogens (tertiary/aromatic N) is 1. The fraction of sp³-hybridized carbons (Fsp3) is 0.650. The molecule has 2 saturated carbocycles. The molecule has 0 amide bonds. The molecule has 0 radical (unpaired) electrons. The molecule has 1 aromatic carbocycles. The number of Topliss-reactive ketones (excluding diaryl/α,β-unsaturated/α-hetero) is 1. The van der Waals surface area contributed by atoms with Crippen molar-refractivity contribution in [2.75, 3.05) is 0 Å². The third kappa shape index (κ3) is 5.66. The van der Waals surface area contributed by atoms with E-state index in [1.54, 1.807) is 0 Å². The Labute approximate surface area is 270 Å². The average Bonchev–Trinajstić information content (AvgIpc) is 2.98. The summed E-state index contributed by atoms with van der Waals surface area (Å²) in [6.07, 6.45) is 12.5. The van der Waals surface area contributed by atoms with Gasteiger partial charge in [0, 0.05) is 23.2 Å². The minimum absolute atomic E-state index is 0.0289. The van der Waals surface area contributed by atoms with Gasteiger partial charge in [-0.05, 0) is 104 Å². The Morgan fingerprint density at radius 2 is 1.56 bits per heavy atom. The van der Waals surface area contributed by atoms with Crippen molar-refractivity contribution in [1.29, 1.82) is 5.26 Å². The van der Waals surface area contributed by atoms with Gasteiger partial charge in [0.25, 0.3) is 0 Å². The van der Waals surface area contributed by atoms with Crippen LogP contribution in [0.4, 0.5) is 0 Å². The zero-order chi connectivity index (χ0) is 33.1. The first-order valence-corrected chi connectivity index (χ1v) is 17.1. The largest absolute Gasteiger partial charge is 0.427 e. The van der Waals surface area contributed by atoms with E-state index in [1.165, 1.54) is 0 Å². The van der Waals surface area contributed by atoms with Gasteiger partial charge in [0.15, 0.2) is 11.6 Å². The van der Waals surface area contributed by atoms with Crippen molar-refractivity contribution in [3.63, 3.8) is 0 Å². The summed E-state index contributed by atoms with van der Waals surface area (Å²) in [6.45, 7) is 17.9. The van der Waals surface area contributed by atoms with Crippen LogP contribution in [0.25, 0.3) is 0 Å². The third-order valence-corrected chi connectivity index (χ3v) is 13.4. The molecule has 6 atom stereocenters. The van der Waals surface area contributed by atoms with Gasteiger partial charge < -0.3 is 4.74 Å². The number of para-hydroxylation sites is 1. The van der Waals surface area contributed by atoms with Crippen molar-refractivity contribution in [2.45, 2.75) is 120 Å². The molecule has 0 aromatic heterocycles. The average molecular weight is 612 g/mol. The highest BCUT2D eigenvalue weighted by Crippen LogP contribution is 2.70. The van der Waals surface area contributed by atoms with Gasteiger partial charge >= 0.3 is 5.97 Å². The summed E-state index contributed by atoms with van der Waals surface area (Å²) < 4.78 is 5.66. The number of hydrogen-bond acceptors (Lipinski definition) is 5. The molecule has 0 aliphatic heterocycles. The van der Waals surface area contributed by atoms with E-state index in [-0.39, 0.29) is 56.6 Å². The molecule has 4 aliphatic carbocycles. The number of nitriles is 1. The summed E-state index contributed by atoms with van der Waals surface area (Å²) in [7, 11) is 0. The molecule has 0 saturated heterocycles. The molecule has 0 heterocycles. The van der Waals surface area contributed by atoms with Crippen LogP contribution in [0, 0.1) is 55.7 Å². The van der Waals surface area contributed by atoms with Crippen molar-refractivity contribution < 1.29 is 19.1 Å². The van der Waals surface area contributed by atoms with Crippen molar-refractivity contribution in [2.24, 2.45) is 44.3 Å². The summed E-state index contributed by atoms with van der Waals surface area (Å²) in [5, 5.41) is 10.00. The van der Waals surface area contributed by atoms with E-state index in [2.05, 4.69) is 47.6 Å². The summed E-state index contributed by atoms with van der Waals surface area (Å²) in [6, 6.07) is 11.5. The second-order valence-electron chi connectivity index (χ2n) is 17.2. The predicted molar refractivity (Wildman–Crippen MR) is 177 cm³/mol.